The van der Waals surface area contributed by atoms with Crippen LogP contribution < -0.4 is 10.2 Å². The number of hydrogen-bond donors (Lipinski definition) is 1. The molecule has 1 N–H and O–H groups in total. The van der Waals surface area contributed by atoms with E-state index in [1.807, 2.05) is 36.1 Å². The highest BCUT2D eigenvalue weighted by atomic mass is 79.9. The van der Waals surface area contributed by atoms with Crippen LogP contribution in [0.4, 0.5) is 16.2 Å². The molecule has 1 fully saturated rings. The van der Waals surface area contributed by atoms with Crippen molar-refractivity contribution in [1.82, 2.24) is 4.90 Å². The molecule has 1 aliphatic rings. The monoisotopic (exact) mass is 387 g/mol. The number of hydrogen-bond acceptors (Lipinski definition) is 2. The lowest BCUT2D eigenvalue weighted by atomic mass is 10.1. The van der Waals surface area contributed by atoms with Crippen molar-refractivity contribution in [3.05, 3.63) is 58.1 Å². The maximum absolute atomic E-state index is 12.4. The molecule has 0 aromatic heterocycles. The van der Waals surface area contributed by atoms with E-state index in [-0.39, 0.29) is 6.03 Å². The van der Waals surface area contributed by atoms with E-state index in [4.69, 9.17) is 0 Å². The Hall–Kier alpha value is -2.01. The Morgan fingerprint density at radius 1 is 1.04 bits per heavy atom. The van der Waals surface area contributed by atoms with Crippen LogP contribution in [-0.2, 0) is 0 Å². The molecular weight excluding hydrogens is 366 g/mol. The SMILES string of the molecule is Cc1cccc(NC(=O)N2CCN(c3ccc(Br)cc3C)CC2)c1. The number of piperazine rings is 1. The molecule has 4 nitrogen and oxygen atoms in total. The van der Waals surface area contributed by atoms with Crippen LogP contribution in [0.25, 0.3) is 0 Å². The normalized spacial score (nSPS) is 14.6. The maximum atomic E-state index is 12.4. The summed E-state index contributed by atoms with van der Waals surface area (Å²) in [6, 6.07) is 14.2. The first kappa shape index (κ1) is 16.8. The zero-order valence-corrected chi connectivity index (χ0v) is 15.6. The van der Waals surface area contributed by atoms with E-state index in [0.717, 1.165) is 41.9 Å². The third-order valence-electron chi connectivity index (χ3n) is 4.34. The first-order valence-electron chi connectivity index (χ1n) is 8.16. The van der Waals surface area contributed by atoms with Gasteiger partial charge in [0.1, 0.15) is 0 Å². The van der Waals surface area contributed by atoms with E-state index >= 15 is 0 Å². The fraction of sp³-hybridized carbons (Fsp3) is 0.316. The summed E-state index contributed by atoms with van der Waals surface area (Å²) in [5, 5.41) is 2.99. The van der Waals surface area contributed by atoms with Crippen molar-refractivity contribution in [2.24, 2.45) is 0 Å². The molecule has 0 spiro atoms. The molecule has 24 heavy (non-hydrogen) atoms. The highest BCUT2D eigenvalue weighted by Crippen LogP contribution is 2.25. The number of nitrogens with zero attached hydrogens (tertiary/aromatic N) is 2. The quantitative estimate of drug-likeness (QED) is 0.827. The van der Waals surface area contributed by atoms with Crippen LogP contribution >= 0.6 is 15.9 Å². The van der Waals surface area contributed by atoms with Crippen molar-refractivity contribution in [3.63, 3.8) is 0 Å². The highest BCUT2D eigenvalue weighted by molar-refractivity contribution is 9.10. The molecule has 2 amide bonds. The second kappa shape index (κ2) is 7.26. The van der Waals surface area contributed by atoms with Crippen molar-refractivity contribution in [3.8, 4) is 0 Å². The van der Waals surface area contributed by atoms with Crippen LogP contribution in [0.15, 0.2) is 46.9 Å². The molecule has 126 valence electrons. The lowest BCUT2D eigenvalue weighted by Crippen LogP contribution is -2.50. The third kappa shape index (κ3) is 3.90. The molecule has 0 aliphatic carbocycles. The summed E-state index contributed by atoms with van der Waals surface area (Å²) in [7, 11) is 0. The van der Waals surface area contributed by atoms with Gasteiger partial charge in [0.15, 0.2) is 0 Å². The van der Waals surface area contributed by atoms with E-state index in [0.29, 0.717) is 0 Å². The molecule has 1 aliphatic heterocycles. The minimum Gasteiger partial charge on any atom is -0.368 e. The smallest absolute Gasteiger partial charge is 0.321 e. The first-order chi connectivity index (χ1) is 11.5. The Bertz CT molecular complexity index is 739. The Morgan fingerprint density at radius 3 is 2.46 bits per heavy atom. The van der Waals surface area contributed by atoms with Crippen molar-refractivity contribution in [2.75, 3.05) is 36.4 Å². The fourth-order valence-corrected chi connectivity index (χ4v) is 3.53. The van der Waals surface area contributed by atoms with Gasteiger partial charge < -0.3 is 15.1 Å². The molecule has 0 bridgehead atoms. The summed E-state index contributed by atoms with van der Waals surface area (Å²) >= 11 is 3.51. The molecule has 5 heteroatoms. The van der Waals surface area contributed by atoms with Gasteiger partial charge in [-0.2, -0.15) is 0 Å². The Labute approximate surface area is 151 Å². The van der Waals surface area contributed by atoms with Crippen molar-refractivity contribution in [1.29, 1.82) is 0 Å². The zero-order valence-electron chi connectivity index (χ0n) is 14.1. The van der Waals surface area contributed by atoms with Crippen LogP contribution in [0.3, 0.4) is 0 Å². The van der Waals surface area contributed by atoms with Crippen LogP contribution in [0.2, 0.25) is 0 Å². The first-order valence-corrected chi connectivity index (χ1v) is 8.96. The van der Waals surface area contributed by atoms with Crippen LogP contribution in [-0.4, -0.2) is 37.1 Å². The van der Waals surface area contributed by atoms with Gasteiger partial charge in [0.2, 0.25) is 0 Å². The Kier molecular flexibility index (Phi) is 5.09. The van der Waals surface area contributed by atoms with E-state index in [1.165, 1.54) is 11.3 Å². The maximum Gasteiger partial charge on any atom is 0.321 e. The number of urea groups is 1. The average molecular weight is 388 g/mol. The molecule has 0 unspecified atom stereocenters. The standard InChI is InChI=1S/C19H22BrN3O/c1-14-4-3-5-17(12-14)21-19(24)23-10-8-22(9-11-23)18-7-6-16(20)13-15(18)2/h3-7,12-13H,8-11H2,1-2H3,(H,21,24). The number of nitrogens with one attached hydrogen (secondary N) is 1. The summed E-state index contributed by atoms with van der Waals surface area (Å²) in [5.41, 5.74) is 4.49. The van der Waals surface area contributed by atoms with Crippen molar-refractivity contribution < 1.29 is 4.79 Å². The molecular formula is C19H22BrN3O. The van der Waals surface area contributed by atoms with Crippen molar-refractivity contribution >= 4 is 33.3 Å². The van der Waals surface area contributed by atoms with Crippen LogP contribution in [0.1, 0.15) is 11.1 Å². The van der Waals surface area contributed by atoms with Gasteiger partial charge in [-0.15, -0.1) is 0 Å². The summed E-state index contributed by atoms with van der Waals surface area (Å²) in [4.78, 5) is 16.7. The van der Waals surface area contributed by atoms with E-state index in [9.17, 15) is 4.79 Å². The van der Waals surface area contributed by atoms with Gasteiger partial charge in [0, 0.05) is 42.0 Å². The highest BCUT2D eigenvalue weighted by Gasteiger charge is 2.22. The molecule has 0 atom stereocenters. The topological polar surface area (TPSA) is 35.6 Å². The van der Waals surface area contributed by atoms with Gasteiger partial charge in [-0.3, -0.25) is 0 Å². The van der Waals surface area contributed by atoms with Crippen molar-refractivity contribution in [2.45, 2.75) is 13.8 Å². The Balaban J connectivity index is 1.59. The van der Waals surface area contributed by atoms with Gasteiger partial charge in [0.05, 0.1) is 0 Å². The van der Waals surface area contributed by atoms with E-state index < -0.39 is 0 Å². The molecule has 2 aromatic rings. The minimum absolute atomic E-state index is 0.0206. The summed E-state index contributed by atoms with van der Waals surface area (Å²) < 4.78 is 1.10. The van der Waals surface area contributed by atoms with Crippen LogP contribution in [0, 0.1) is 13.8 Å². The minimum atomic E-state index is -0.0206. The predicted octanol–water partition coefficient (Wildman–Crippen LogP) is 4.42. The van der Waals surface area contributed by atoms with E-state index in [2.05, 4.69) is 51.3 Å². The number of aryl methyl sites for hydroxylation is 2. The van der Waals surface area contributed by atoms with Gasteiger partial charge in [-0.05, 0) is 55.3 Å². The molecule has 0 saturated carbocycles. The van der Waals surface area contributed by atoms with Gasteiger partial charge in [0.25, 0.3) is 0 Å². The van der Waals surface area contributed by atoms with E-state index in [1.54, 1.807) is 0 Å². The number of anilines is 2. The molecule has 0 radical (unpaired) electrons. The largest absolute Gasteiger partial charge is 0.368 e. The number of carbonyl (C=O) groups excluding carboxylic acids is 1. The number of rotatable bonds is 2. The summed E-state index contributed by atoms with van der Waals surface area (Å²) in [6.45, 7) is 7.31. The number of halogens is 1. The zero-order chi connectivity index (χ0) is 17.1. The third-order valence-corrected chi connectivity index (χ3v) is 4.83. The molecule has 3 rings (SSSR count). The molecule has 2 aromatic carbocycles. The fourth-order valence-electron chi connectivity index (χ4n) is 3.05. The number of carbonyl (C=O) groups is 1. The average Bonchev–Trinajstić information content (AvgIpc) is 2.55. The second-order valence-corrected chi connectivity index (χ2v) is 7.12. The lowest BCUT2D eigenvalue weighted by molar-refractivity contribution is 0.208. The summed E-state index contributed by atoms with van der Waals surface area (Å²) in [5.74, 6) is 0. The van der Waals surface area contributed by atoms with Gasteiger partial charge >= 0.3 is 6.03 Å². The number of benzene rings is 2. The number of amides is 2. The molecule has 1 saturated heterocycles. The second-order valence-electron chi connectivity index (χ2n) is 6.20. The lowest BCUT2D eigenvalue weighted by Gasteiger charge is -2.36. The predicted molar refractivity (Wildman–Crippen MR) is 103 cm³/mol. The van der Waals surface area contributed by atoms with Gasteiger partial charge in [-0.25, -0.2) is 4.79 Å². The molecule has 1 heterocycles. The van der Waals surface area contributed by atoms with Crippen LogP contribution in [0.5, 0.6) is 0 Å². The van der Waals surface area contributed by atoms with Gasteiger partial charge in [-0.1, -0.05) is 28.1 Å². The summed E-state index contributed by atoms with van der Waals surface area (Å²) in [6.07, 6.45) is 0. The Morgan fingerprint density at radius 2 is 1.79 bits per heavy atom.